The van der Waals surface area contributed by atoms with Crippen LogP contribution in [0.15, 0.2) is 18.6 Å². The van der Waals surface area contributed by atoms with Crippen LogP contribution in [0, 0.1) is 0 Å². The van der Waals surface area contributed by atoms with Crippen molar-refractivity contribution in [3.63, 3.8) is 0 Å². The van der Waals surface area contributed by atoms with Gasteiger partial charge in [-0.15, -0.1) is 0 Å². The Balaban J connectivity index is 2.03. The Bertz CT molecular complexity index is 679. The van der Waals surface area contributed by atoms with E-state index in [1.807, 2.05) is 13.1 Å². The molecule has 2 heterocycles. The monoisotopic (exact) mass is 345 g/mol. The summed E-state index contributed by atoms with van der Waals surface area (Å²) in [5.74, 6) is -0.410. The van der Waals surface area contributed by atoms with Crippen LogP contribution in [-0.4, -0.2) is 37.2 Å². The molecule has 1 atom stereocenters. The van der Waals surface area contributed by atoms with E-state index in [-0.39, 0.29) is 6.54 Å². The Morgan fingerprint density at radius 1 is 1.29 bits per heavy atom. The van der Waals surface area contributed by atoms with Crippen LogP contribution in [0.5, 0.6) is 0 Å². The maximum atomic E-state index is 13.4. The van der Waals surface area contributed by atoms with Gasteiger partial charge in [0, 0.05) is 51.2 Å². The van der Waals surface area contributed by atoms with Gasteiger partial charge in [-0.2, -0.15) is 18.3 Å². The van der Waals surface area contributed by atoms with E-state index in [0.29, 0.717) is 6.54 Å². The quantitative estimate of drug-likeness (QED) is 0.749. The second-order valence-electron chi connectivity index (χ2n) is 5.77. The molecule has 0 radical (unpaired) electrons. The molecular formula is C15H22F3N5O. The van der Waals surface area contributed by atoms with E-state index in [0.717, 1.165) is 17.7 Å². The molecule has 0 aliphatic carbocycles. The fraction of sp³-hybridized carbons (Fsp3) is 0.600. The molecule has 134 valence electrons. The number of aromatic nitrogens is 4. The number of nitrogens with one attached hydrogen (secondary N) is 1. The Labute approximate surface area is 138 Å². The van der Waals surface area contributed by atoms with Crippen molar-refractivity contribution in [3.8, 4) is 0 Å². The summed E-state index contributed by atoms with van der Waals surface area (Å²) in [6, 6.07) is 0. The van der Waals surface area contributed by atoms with Gasteiger partial charge in [0.15, 0.2) is 0 Å². The van der Waals surface area contributed by atoms with Gasteiger partial charge >= 0.3 is 6.18 Å². The fourth-order valence-corrected chi connectivity index (χ4v) is 2.67. The van der Waals surface area contributed by atoms with Crippen LogP contribution in [-0.2, 0) is 32.7 Å². The topological polar surface area (TPSA) is 67.9 Å². The molecule has 0 fully saturated rings. The average molecular weight is 345 g/mol. The molecule has 0 aliphatic heterocycles. The Hall–Kier alpha value is -1.87. The first-order valence-electron chi connectivity index (χ1n) is 7.68. The third-order valence-corrected chi connectivity index (χ3v) is 3.97. The number of imidazole rings is 1. The van der Waals surface area contributed by atoms with E-state index >= 15 is 0 Å². The lowest BCUT2D eigenvalue weighted by Crippen LogP contribution is -2.46. The molecule has 0 saturated carbocycles. The van der Waals surface area contributed by atoms with Crippen LogP contribution >= 0.6 is 0 Å². The molecule has 2 N–H and O–H groups in total. The molecule has 0 saturated heterocycles. The number of halogens is 3. The van der Waals surface area contributed by atoms with Gasteiger partial charge in [-0.05, 0) is 13.0 Å². The number of hydrogen-bond acceptors (Lipinski definition) is 4. The summed E-state index contributed by atoms with van der Waals surface area (Å²) in [7, 11) is 3.22. The third kappa shape index (κ3) is 3.62. The maximum Gasteiger partial charge on any atom is 0.424 e. The highest BCUT2D eigenvalue weighted by molar-refractivity contribution is 5.16. The zero-order valence-corrected chi connectivity index (χ0v) is 13.9. The summed E-state index contributed by atoms with van der Waals surface area (Å²) in [4.78, 5) is 3.67. The number of rotatable bonds is 7. The lowest BCUT2D eigenvalue weighted by molar-refractivity contribution is -0.272. The SMILES string of the molecule is CCc1nn(C)cc1CNCCC(O)(c1nccn1C)C(F)(F)F. The Morgan fingerprint density at radius 2 is 2.00 bits per heavy atom. The molecule has 1 unspecified atom stereocenters. The minimum atomic E-state index is -4.81. The first-order chi connectivity index (χ1) is 11.2. The van der Waals surface area contributed by atoms with E-state index in [9.17, 15) is 18.3 Å². The van der Waals surface area contributed by atoms with Crippen molar-refractivity contribution in [2.24, 2.45) is 14.1 Å². The van der Waals surface area contributed by atoms with Gasteiger partial charge in [0.05, 0.1) is 5.69 Å². The van der Waals surface area contributed by atoms with Gasteiger partial charge in [-0.25, -0.2) is 4.98 Å². The van der Waals surface area contributed by atoms with Crippen molar-refractivity contribution >= 4 is 0 Å². The first-order valence-corrected chi connectivity index (χ1v) is 7.68. The van der Waals surface area contributed by atoms with Crippen LogP contribution in [0.2, 0.25) is 0 Å². The molecule has 6 nitrogen and oxygen atoms in total. The summed E-state index contributed by atoms with van der Waals surface area (Å²) in [5.41, 5.74) is -1.14. The molecule has 0 aliphatic rings. The first kappa shape index (κ1) is 18.5. The van der Waals surface area contributed by atoms with Crippen LogP contribution in [0.3, 0.4) is 0 Å². The van der Waals surface area contributed by atoms with Crippen molar-refractivity contribution < 1.29 is 18.3 Å². The number of nitrogens with zero attached hydrogens (tertiary/aromatic N) is 4. The number of hydrogen-bond donors (Lipinski definition) is 2. The lowest BCUT2D eigenvalue weighted by atomic mass is 9.97. The second kappa shape index (κ2) is 6.94. The highest BCUT2D eigenvalue weighted by Crippen LogP contribution is 2.40. The normalized spacial score (nSPS) is 14.8. The molecule has 24 heavy (non-hydrogen) atoms. The smallest absolute Gasteiger partial charge is 0.374 e. The molecule has 0 amide bonds. The standard InChI is InChI=1S/C15H22F3N5O/c1-4-12-11(10-23(3)21-12)9-19-6-5-14(24,15(16,17)18)13-20-7-8-22(13)2/h7-8,10,19,24H,4-6,9H2,1-3H3. The van der Waals surface area contributed by atoms with Crippen LogP contribution in [0.25, 0.3) is 0 Å². The zero-order chi connectivity index (χ0) is 18.0. The van der Waals surface area contributed by atoms with E-state index in [4.69, 9.17) is 0 Å². The van der Waals surface area contributed by atoms with Crippen molar-refractivity contribution in [2.75, 3.05) is 6.54 Å². The van der Waals surface area contributed by atoms with Gasteiger partial charge in [-0.3, -0.25) is 4.68 Å². The predicted octanol–water partition coefficient (Wildman–Crippen LogP) is 1.65. The number of alkyl halides is 3. The van der Waals surface area contributed by atoms with Crippen molar-refractivity contribution in [2.45, 2.75) is 38.1 Å². The average Bonchev–Trinajstić information content (AvgIpc) is 3.07. The molecule has 0 aromatic carbocycles. The van der Waals surface area contributed by atoms with Crippen LogP contribution in [0.4, 0.5) is 13.2 Å². The Morgan fingerprint density at radius 3 is 2.54 bits per heavy atom. The van der Waals surface area contributed by atoms with E-state index in [2.05, 4.69) is 15.4 Å². The van der Waals surface area contributed by atoms with E-state index in [1.54, 1.807) is 11.7 Å². The summed E-state index contributed by atoms with van der Waals surface area (Å²) in [6.07, 6.45) is -0.136. The lowest BCUT2D eigenvalue weighted by Gasteiger charge is -2.30. The predicted molar refractivity (Wildman–Crippen MR) is 82.1 cm³/mol. The molecule has 2 rings (SSSR count). The molecule has 2 aromatic heterocycles. The maximum absolute atomic E-state index is 13.4. The molecule has 2 aromatic rings. The highest BCUT2D eigenvalue weighted by Gasteiger charge is 2.56. The summed E-state index contributed by atoms with van der Waals surface area (Å²) >= 11 is 0. The number of aliphatic hydroxyl groups is 1. The minimum Gasteiger partial charge on any atom is -0.374 e. The van der Waals surface area contributed by atoms with Crippen molar-refractivity contribution in [3.05, 3.63) is 35.7 Å². The molecule has 9 heteroatoms. The Kier molecular flexibility index (Phi) is 5.34. The summed E-state index contributed by atoms with van der Waals surface area (Å²) in [6.45, 7) is 2.35. The van der Waals surface area contributed by atoms with Crippen molar-refractivity contribution in [1.82, 2.24) is 24.6 Å². The minimum absolute atomic E-state index is 0.0130. The van der Waals surface area contributed by atoms with Crippen molar-refractivity contribution in [1.29, 1.82) is 0 Å². The molecular weight excluding hydrogens is 323 g/mol. The zero-order valence-electron chi connectivity index (χ0n) is 13.9. The second-order valence-corrected chi connectivity index (χ2v) is 5.77. The number of aryl methyl sites for hydroxylation is 3. The van der Waals surface area contributed by atoms with Crippen LogP contribution < -0.4 is 5.32 Å². The molecule has 0 spiro atoms. The highest BCUT2D eigenvalue weighted by atomic mass is 19.4. The van der Waals surface area contributed by atoms with Gasteiger partial charge in [0.2, 0.25) is 5.60 Å². The summed E-state index contributed by atoms with van der Waals surface area (Å²) in [5, 5.41) is 17.5. The van der Waals surface area contributed by atoms with Gasteiger partial charge in [-0.1, -0.05) is 6.92 Å². The van der Waals surface area contributed by atoms with Gasteiger partial charge in [0.1, 0.15) is 5.82 Å². The molecule has 0 bridgehead atoms. The largest absolute Gasteiger partial charge is 0.424 e. The van der Waals surface area contributed by atoms with E-state index in [1.165, 1.54) is 24.0 Å². The summed E-state index contributed by atoms with van der Waals surface area (Å²) < 4.78 is 43.0. The van der Waals surface area contributed by atoms with Crippen LogP contribution in [0.1, 0.15) is 30.4 Å². The fourth-order valence-electron chi connectivity index (χ4n) is 2.67. The third-order valence-electron chi connectivity index (χ3n) is 3.97. The van der Waals surface area contributed by atoms with E-state index < -0.39 is 24.0 Å². The van der Waals surface area contributed by atoms with Gasteiger partial charge in [0.25, 0.3) is 0 Å². The van der Waals surface area contributed by atoms with Gasteiger partial charge < -0.3 is 15.0 Å².